The highest BCUT2D eigenvalue weighted by atomic mass is 16.5. The van der Waals surface area contributed by atoms with Gasteiger partial charge < -0.3 is 9.47 Å². The van der Waals surface area contributed by atoms with Gasteiger partial charge in [-0.25, -0.2) is 4.98 Å². The van der Waals surface area contributed by atoms with Crippen LogP contribution < -0.4 is 4.74 Å². The molecule has 1 N–H and O–H groups in total. The van der Waals surface area contributed by atoms with Crippen LogP contribution >= 0.6 is 0 Å². The fourth-order valence-electron chi connectivity index (χ4n) is 2.50. The van der Waals surface area contributed by atoms with Crippen LogP contribution in [-0.2, 0) is 16.8 Å². The Morgan fingerprint density at radius 2 is 2.05 bits per heavy atom. The number of ether oxygens (including phenoxy) is 2. The molecular formula is C17H23N3O2. The molecule has 0 spiro atoms. The smallest absolute Gasteiger partial charge is 0.162 e. The van der Waals surface area contributed by atoms with Crippen molar-refractivity contribution in [2.45, 2.75) is 45.1 Å². The molecule has 5 nitrogen and oxygen atoms in total. The summed E-state index contributed by atoms with van der Waals surface area (Å²) >= 11 is 0. The van der Waals surface area contributed by atoms with Crippen LogP contribution in [0.2, 0.25) is 0 Å². The van der Waals surface area contributed by atoms with Crippen molar-refractivity contribution in [3.8, 4) is 5.75 Å². The molecule has 1 atom stereocenters. The summed E-state index contributed by atoms with van der Waals surface area (Å²) in [6.45, 7) is 8.51. The first-order valence-corrected chi connectivity index (χ1v) is 7.74. The molecule has 0 saturated carbocycles. The Bertz CT molecular complexity index is 608. The van der Waals surface area contributed by atoms with Crippen LogP contribution in [0.1, 0.15) is 50.3 Å². The molecule has 118 valence electrons. The molecule has 0 amide bonds. The monoisotopic (exact) mass is 301 g/mol. The lowest BCUT2D eigenvalue weighted by Crippen LogP contribution is -2.10. The third-order valence-corrected chi connectivity index (χ3v) is 3.94. The normalized spacial score (nSPS) is 18.6. The van der Waals surface area contributed by atoms with Crippen LogP contribution in [0, 0.1) is 0 Å². The highest BCUT2D eigenvalue weighted by molar-refractivity contribution is 5.31. The second-order valence-corrected chi connectivity index (χ2v) is 6.76. The molecule has 1 saturated heterocycles. The Morgan fingerprint density at radius 1 is 1.27 bits per heavy atom. The topological polar surface area (TPSA) is 60.0 Å². The quantitative estimate of drug-likeness (QED) is 0.942. The Balaban J connectivity index is 1.58. The highest BCUT2D eigenvalue weighted by Crippen LogP contribution is 2.25. The maximum absolute atomic E-state index is 5.77. The van der Waals surface area contributed by atoms with E-state index in [9.17, 15) is 0 Å². The molecule has 0 aliphatic carbocycles. The summed E-state index contributed by atoms with van der Waals surface area (Å²) in [5, 5.41) is 7.21. The van der Waals surface area contributed by atoms with E-state index in [0.29, 0.717) is 19.1 Å². The van der Waals surface area contributed by atoms with Gasteiger partial charge in [-0.2, -0.15) is 5.10 Å². The van der Waals surface area contributed by atoms with E-state index >= 15 is 0 Å². The first-order chi connectivity index (χ1) is 10.5. The Morgan fingerprint density at radius 3 is 2.68 bits per heavy atom. The number of H-pyrrole nitrogens is 1. The number of benzene rings is 1. The number of hydrogen-bond donors (Lipinski definition) is 1. The standard InChI is InChI=1S/C17H23N3O2/c1-17(2,3)13-4-6-14(7-5-13)22-11-15-18-16(20-19-15)12-8-9-21-10-12/h4-7,12H,8-11H2,1-3H3,(H,18,19,20)/t12-/m1/s1. The van der Waals surface area contributed by atoms with Gasteiger partial charge in [0, 0.05) is 12.5 Å². The average Bonchev–Trinajstić information content (AvgIpc) is 3.15. The van der Waals surface area contributed by atoms with Gasteiger partial charge >= 0.3 is 0 Å². The van der Waals surface area contributed by atoms with Gasteiger partial charge in [0.05, 0.1) is 6.61 Å². The van der Waals surface area contributed by atoms with E-state index in [0.717, 1.165) is 30.4 Å². The number of rotatable bonds is 4. The van der Waals surface area contributed by atoms with E-state index in [1.165, 1.54) is 5.56 Å². The van der Waals surface area contributed by atoms with Crippen molar-refractivity contribution < 1.29 is 9.47 Å². The predicted octanol–water partition coefficient (Wildman–Crippen LogP) is 3.19. The van der Waals surface area contributed by atoms with Gasteiger partial charge in [0.25, 0.3) is 0 Å². The zero-order valence-electron chi connectivity index (χ0n) is 13.4. The molecule has 0 radical (unpaired) electrons. The third-order valence-electron chi connectivity index (χ3n) is 3.94. The molecule has 1 aromatic carbocycles. The van der Waals surface area contributed by atoms with Crippen LogP contribution in [0.15, 0.2) is 24.3 Å². The zero-order chi connectivity index (χ0) is 15.6. The Labute approximate surface area is 131 Å². The fraction of sp³-hybridized carbons (Fsp3) is 0.529. The maximum atomic E-state index is 5.77. The van der Waals surface area contributed by atoms with E-state index < -0.39 is 0 Å². The number of nitrogens with zero attached hydrogens (tertiary/aromatic N) is 2. The average molecular weight is 301 g/mol. The van der Waals surface area contributed by atoms with Crippen molar-refractivity contribution in [1.29, 1.82) is 0 Å². The summed E-state index contributed by atoms with van der Waals surface area (Å²) in [5.41, 5.74) is 1.45. The molecule has 5 heteroatoms. The molecule has 1 fully saturated rings. The second-order valence-electron chi connectivity index (χ2n) is 6.76. The lowest BCUT2D eigenvalue weighted by Gasteiger charge is -2.19. The number of aromatic nitrogens is 3. The molecule has 3 rings (SSSR count). The molecule has 1 aromatic heterocycles. The second kappa shape index (κ2) is 6.08. The Hall–Kier alpha value is -1.88. The van der Waals surface area contributed by atoms with Crippen molar-refractivity contribution in [2.75, 3.05) is 13.2 Å². The van der Waals surface area contributed by atoms with Gasteiger partial charge in [0.15, 0.2) is 11.6 Å². The van der Waals surface area contributed by atoms with E-state index in [-0.39, 0.29) is 5.41 Å². The van der Waals surface area contributed by atoms with Crippen LogP contribution in [-0.4, -0.2) is 28.4 Å². The Kier molecular flexibility index (Phi) is 4.16. The van der Waals surface area contributed by atoms with Crippen molar-refractivity contribution in [2.24, 2.45) is 0 Å². The van der Waals surface area contributed by atoms with E-state index in [2.05, 4.69) is 48.1 Å². The summed E-state index contributed by atoms with van der Waals surface area (Å²) in [7, 11) is 0. The van der Waals surface area contributed by atoms with Crippen molar-refractivity contribution in [3.63, 3.8) is 0 Å². The van der Waals surface area contributed by atoms with Crippen molar-refractivity contribution >= 4 is 0 Å². The summed E-state index contributed by atoms with van der Waals surface area (Å²) < 4.78 is 11.1. The molecule has 2 aromatic rings. The minimum Gasteiger partial charge on any atom is -0.486 e. The number of aromatic amines is 1. The predicted molar refractivity (Wildman–Crippen MR) is 84.0 cm³/mol. The molecule has 1 aliphatic rings. The summed E-state index contributed by atoms with van der Waals surface area (Å²) in [6, 6.07) is 8.22. The van der Waals surface area contributed by atoms with Gasteiger partial charge in [0.2, 0.25) is 0 Å². The van der Waals surface area contributed by atoms with E-state index in [4.69, 9.17) is 9.47 Å². The minimum absolute atomic E-state index is 0.154. The van der Waals surface area contributed by atoms with Crippen molar-refractivity contribution in [3.05, 3.63) is 41.5 Å². The zero-order valence-corrected chi connectivity index (χ0v) is 13.4. The van der Waals surface area contributed by atoms with Crippen LogP contribution in [0.25, 0.3) is 0 Å². The largest absolute Gasteiger partial charge is 0.486 e. The van der Waals surface area contributed by atoms with Crippen LogP contribution in [0.4, 0.5) is 0 Å². The molecule has 0 bridgehead atoms. The van der Waals surface area contributed by atoms with E-state index in [1.54, 1.807) is 0 Å². The lowest BCUT2D eigenvalue weighted by molar-refractivity contribution is 0.193. The number of hydrogen-bond acceptors (Lipinski definition) is 4. The summed E-state index contributed by atoms with van der Waals surface area (Å²) in [6.07, 6.45) is 0.992. The van der Waals surface area contributed by atoms with Crippen LogP contribution in [0.3, 0.4) is 0 Å². The fourth-order valence-corrected chi connectivity index (χ4v) is 2.50. The van der Waals surface area contributed by atoms with Gasteiger partial charge in [-0.1, -0.05) is 32.9 Å². The molecule has 2 heterocycles. The molecule has 1 aliphatic heterocycles. The lowest BCUT2D eigenvalue weighted by atomic mass is 9.87. The van der Waals surface area contributed by atoms with Gasteiger partial charge in [0.1, 0.15) is 12.4 Å². The van der Waals surface area contributed by atoms with Gasteiger partial charge in [-0.05, 0) is 29.5 Å². The van der Waals surface area contributed by atoms with E-state index in [1.807, 2.05) is 12.1 Å². The molecule has 22 heavy (non-hydrogen) atoms. The highest BCUT2D eigenvalue weighted by Gasteiger charge is 2.22. The van der Waals surface area contributed by atoms with Crippen molar-refractivity contribution in [1.82, 2.24) is 15.2 Å². The maximum Gasteiger partial charge on any atom is 0.162 e. The SMILES string of the molecule is CC(C)(C)c1ccc(OCc2nc([C@@H]3CCOC3)n[nH]2)cc1. The first-order valence-electron chi connectivity index (χ1n) is 7.74. The minimum atomic E-state index is 0.154. The molecular weight excluding hydrogens is 278 g/mol. The van der Waals surface area contributed by atoms with Crippen LogP contribution in [0.5, 0.6) is 5.75 Å². The molecule has 0 unspecified atom stereocenters. The van der Waals surface area contributed by atoms with Gasteiger partial charge in [-0.3, -0.25) is 5.10 Å². The summed E-state index contributed by atoms with van der Waals surface area (Å²) in [4.78, 5) is 4.49. The first kappa shape index (κ1) is 15.0. The van der Waals surface area contributed by atoms with Gasteiger partial charge in [-0.15, -0.1) is 0 Å². The third kappa shape index (κ3) is 3.47. The summed E-state index contributed by atoms with van der Waals surface area (Å²) in [5.74, 6) is 2.74. The number of nitrogens with one attached hydrogen (secondary N) is 1.